The fourth-order valence-electron chi connectivity index (χ4n) is 3.13. The number of carboxylic acids is 1. The van der Waals surface area contributed by atoms with Crippen molar-refractivity contribution in [1.82, 2.24) is 5.32 Å². The van der Waals surface area contributed by atoms with E-state index in [0.717, 1.165) is 0 Å². The van der Waals surface area contributed by atoms with Crippen LogP contribution in [0.25, 0.3) is 0 Å². The quantitative estimate of drug-likeness (QED) is 0.435. The molecule has 0 fully saturated rings. The van der Waals surface area contributed by atoms with Crippen LogP contribution in [0.15, 0.2) is 46.8 Å². The summed E-state index contributed by atoms with van der Waals surface area (Å²) in [7, 11) is 0. The van der Waals surface area contributed by atoms with Gasteiger partial charge in [0.1, 0.15) is 6.10 Å². The van der Waals surface area contributed by atoms with Crippen LogP contribution < -0.4 is 5.32 Å². The standard InChI is InChI=1S/C20H24N2O6/c1-10(2)13(5)28-20(25)17-12(4)21-11(3)16(19(23)24)18(17)14-8-6-7-9-15(14)22(26)27/h6-10,13,18,21H,1-5H3,(H,23,24). The number of nitro groups is 1. The van der Waals surface area contributed by atoms with Crippen molar-refractivity contribution < 1.29 is 24.4 Å². The van der Waals surface area contributed by atoms with Gasteiger partial charge in [-0.2, -0.15) is 0 Å². The highest BCUT2D eigenvalue weighted by Gasteiger charge is 2.40. The molecular weight excluding hydrogens is 364 g/mol. The number of nitrogens with one attached hydrogen (secondary N) is 1. The Morgan fingerprint density at radius 1 is 1.14 bits per heavy atom. The molecule has 0 radical (unpaired) electrons. The molecule has 2 unspecified atom stereocenters. The number of para-hydroxylation sites is 1. The number of nitrogens with zero attached hydrogens (tertiary/aromatic N) is 1. The van der Waals surface area contributed by atoms with Crippen molar-refractivity contribution in [2.75, 3.05) is 0 Å². The van der Waals surface area contributed by atoms with Crippen LogP contribution in [0.4, 0.5) is 5.69 Å². The number of carbonyl (C=O) groups is 2. The molecule has 0 saturated carbocycles. The van der Waals surface area contributed by atoms with Gasteiger partial charge in [-0.1, -0.05) is 32.0 Å². The summed E-state index contributed by atoms with van der Waals surface area (Å²) < 4.78 is 5.51. The summed E-state index contributed by atoms with van der Waals surface area (Å²) in [5.41, 5.74) is 0.548. The Hall–Kier alpha value is -3.16. The molecule has 1 aliphatic heterocycles. The van der Waals surface area contributed by atoms with Gasteiger partial charge in [0.2, 0.25) is 0 Å². The molecule has 28 heavy (non-hydrogen) atoms. The maximum absolute atomic E-state index is 13.0. The van der Waals surface area contributed by atoms with E-state index in [0.29, 0.717) is 11.4 Å². The normalized spacial score (nSPS) is 18.0. The van der Waals surface area contributed by atoms with Crippen molar-refractivity contribution >= 4 is 17.6 Å². The van der Waals surface area contributed by atoms with Crippen LogP contribution in [-0.4, -0.2) is 28.1 Å². The molecule has 2 rings (SSSR count). The lowest BCUT2D eigenvalue weighted by atomic mass is 9.79. The van der Waals surface area contributed by atoms with Crippen molar-refractivity contribution in [3.05, 3.63) is 62.5 Å². The van der Waals surface area contributed by atoms with E-state index in [2.05, 4.69) is 5.32 Å². The van der Waals surface area contributed by atoms with E-state index in [1.54, 1.807) is 26.8 Å². The van der Waals surface area contributed by atoms with Crippen LogP contribution in [0.5, 0.6) is 0 Å². The predicted molar refractivity (Wildman–Crippen MR) is 102 cm³/mol. The summed E-state index contributed by atoms with van der Waals surface area (Å²) in [5.74, 6) is -3.02. The number of nitro benzene ring substituents is 1. The van der Waals surface area contributed by atoms with Gasteiger partial charge in [0.05, 0.1) is 22.0 Å². The molecular formula is C20H24N2O6. The molecule has 0 saturated heterocycles. The second kappa shape index (κ2) is 8.24. The van der Waals surface area contributed by atoms with Gasteiger partial charge < -0.3 is 15.2 Å². The Morgan fingerprint density at radius 3 is 2.25 bits per heavy atom. The van der Waals surface area contributed by atoms with Crippen molar-refractivity contribution in [2.24, 2.45) is 5.92 Å². The molecule has 0 aliphatic carbocycles. The van der Waals surface area contributed by atoms with Gasteiger partial charge in [-0.3, -0.25) is 10.1 Å². The number of hydrogen-bond acceptors (Lipinski definition) is 6. The van der Waals surface area contributed by atoms with Gasteiger partial charge in [-0.15, -0.1) is 0 Å². The minimum absolute atomic E-state index is 0.0575. The number of benzene rings is 1. The lowest BCUT2D eigenvalue weighted by Crippen LogP contribution is -2.33. The number of carboxylic acid groups (broad SMARTS) is 1. The number of esters is 1. The molecule has 8 nitrogen and oxygen atoms in total. The van der Waals surface area contributed by atoms with E-state index >= 15 is 0 Å². The number of dihydropyridines is 1. The lowest BCUT2D eigenvalue weighted by molar-refractivity contribution is -0.385. The molecule has 0 aromatic heterocycles. The molecule has 8 heteroatoms. The molecule has 1 aromatic rings. The van der Waals surface area contributed by atoms with E-state index in [9.17, 15) is 24.8 Å². The van der Waals surface area contributed by atoms with Gasteiger partial charge in [0.25, 0.3) is 5.69 Å². The number of hydrogen-bond donors (Lipinski definition) is 2. The number of aliphatic carboxylic acids is 1. The summed E-state index contributed by atoms with van der Waals surface area (Å²) >= 11 is 0. The first-order valence-electron chi connectivity index (χ1n) is 8.92. The highest BCUT2D eigenvalue weighted by atomic mass is 16.6. The Labute approximate surface area is 163 Å². The summed E-state index contributed by atoms with van der Waals surface area (Å²) in [5, 5.41) is 24.2. The van der Waals surface area contributed by atoms with Crippen molar-refractivity contribution in [3.63, 3.8) is 0 Å². The van der Waals surface area contributed by atoms with Crippen molar-refractivity contribution in [1.29, 1.82) is 0 Å². The fraction of sp³-hybridized carbons (Fsp3) is 0.400. The summed E-state index contributed by atoms with van der Waals surface area (Å²) in [6.45, 7) is 8.72. The van der Waals surface area contributed by atoms with E-state index in [1.165, 1.54) is 18.2 Å². The zero-order valence-electron chi connectivity index (χ0n) is 16.5. The zero-order valence-corrected chi connectivity index (χ0v) is 16.5. The minimum Gasteiger partial charge on any atom is -0.478 e. The summed E-state index contributed by atoms with van der Waals surface area (Å²) in [4.78, 5) is 35.9. The van der Waals surface area contributed by atoms with Crippen LogP contribution in [0.3, 0.4) is 0 Å². The molecule has 1 heterocycles. The molecule has 0 spiro atoms. The van der Waals surface area contributed by atoms with E-state index < -0.39 is 28.9 Å². The topological polar surface area (TPSA) is 119 Å². The maximum atomic E-state index is 13.0. The second-order valence-corrected chi connectivity index (χ2v) is 7.11. The SMILES string of the molecule is CC1=C(C(=O)O)C(c2ccccc2[N+](=O)[O-])C(C(=O)OC(C)C(C)C)=C(C)N1. The molecule has 1 aliphatic rings. The van der Waals surface area contributed by atoms with Gasteiger partial charge in [-0.05, 0) is 26.7 Å². The average Bonchev–Trinajstić information content (AvgIpc) is 2.60. The number of carbonyl (C=O) groups excluding carboxylic acids is 1. The number of ether oxygens (including phenoxy) is 1. The maximum Gasteiger partial charge on any atom is 0.337 e. The van der Waals surface area contributed by atoms with Crippen LogP contribution in [0.1, 0.15) is 46.1 Å². The third-order valence-electron chi connectivity index (χ3n) is 4.89. The van der Waals surface area contributed by atoms with Crippen LogP contribution >= 0.6 is 0 Å². The average molecular weight is 388 g/mol. The Bertz CT molecular complexity index is 884. The fourth-order valence-corrected chi connectivity index (χ4v) is 3.13. The first-order valence-corrected chi connectivity index (χ1v) is 8.92. The summed E-state index contributed by atoms with van der Waals surface area (Å²) in [6, 6.07) is 5.83. The lowest BCUT2D eigenvalue weighted by Gasteiger charge is -2.30. The van der Waals surface area contributed by atoms with E-state index in [-0.39, 0.29) is 28.3 Å². The number of rotatable bonds is 6. The molecule has 0 amide bonds. The molecule has 2 N–H and O–H groups in total. The number of allylic oxidation sites excluding steroid dienone is 2. The highest BCUT2D eigenvalue weighted by molar-refractivity contribution is 5.99. The zero-order chi connectivity index (χ0) is 21.2. The van der Waals surface area contributed by atoms with E-state index in [4.69, 9.17) is 4.74 Å². The van der Waals surface area contributed by atoms with Crippen LogP contribution in [-0.2, 0) is 14.3 Å². The Morgan fingerprint density at radius 2 is 1.71 bits per heavy atom. The molecule has 0 bridgehead atoms. The van der Waals surface area contributed by atoms with Crippen molar-refractivity contribution in [2.45, 2.75) is 46.6 Å². The van der Waals surface area contributed by atoms with Gasteiger partial charge >= 0.3 is 11.9 Å². The first-order chi connectivity index (χ1) is 13.1. The van der Waals surface area contributed by atoms with Crippen LogP contribution in [0, 0.1) is 16.0 Å². The predicted octanol–water partition coefficient (Wildman–Crippen LogP) is 3.50. The Balaban J connectivity index is 2.69. The smallest absolute Gasteiger partial charge is 0.337 e. The minimum atomic E-state index is -1.26. The molecule has 2 atom stereocenters. The highest BCUT2D eigenvalue weighted by Crippen LogP contribution is 2.42. The third-order valence-corrected chi connectivity index (χ3v) is 4.89. The molecule has 150 valence electrons. The largest absolute Gasteiger partial charge is 0.478 e. The van der Waals surface area contributed by atoms with E-state index in [1.807, 2.05) is 13.8 Å². The monoisotopic (exact) mass is 388 g/mol. The Kier molecular flexibility index (Phi) is 6.23. The first kappa shape index (κ1) is 21.1. The third kappa shape index (κ3) is 4.05. The summed E-state index contributed by atoms with van der Waals surface area (Å²) in [6.07, 6.45) is -0.403. The van der Waals surface area contributed by atoms with Crippen molar-refractivity contribution in [3.8, 4) is 0 Å². The van der Waals surface area contributed by atoms with Gasteiger partial charge in [-0.25, -0.2) is 9.59 Å². The second-order valence-electron chi connectivity index (χ2n) is 7.11. The molecule has 1 aromatic carbocycles. The van der Waals surface area contributed by atoms with Gasteiger partial charge in [0, 0.05) is 23.0 Å². The van der Waals surface area contributed by atoms with Gasteiger partial charge in [0.15, 0.2) is 0 Å². The van der Waals surface area contributed by atoms with Crippen LogP contribution in [0.2, 0.25) is 0 Å².